The predicted octanol–water partition coefficient (Wildman–Crippen LogP) is 3.87. The van der Waals surface area contributed by atoms with Crippen molar-refractivity contribution in [3.05, 3.63) is 35.8 Å². The Morgan fingerprint density at radius 1 is 1.36 bits per heavy atom. The number of allylic oxidation sites excluding steroid dienone is 2. The van der Waals surface area contributed by atoms with E-state index in [0.29, 0.717) is 50.1 Å². The van der Waals surface area contributed by atoms with Gasteiger partial charge in [0.05, 0.1) is 17.7 Å². The number of amides is 1. The molecule has 182 valence electrons. The fourth-order valence-electron chi connectivity index (χ4n) is 4.39. The minimum Gasteiger partial charge on any atom is -0.460 e. The average Bonchev–Trinajstić information content (AvgIpc) is 2.89. The number of piperidine rings is 1. The molecule has 3 N–H and O–H groups in total. The van der Waals surface area contributed by atoms with E-state index in [4.69, 9.17) is 4.74 Å². The Hall–Kier alpha value is -2.61. The van der Waals surface area contributed by atoms with Crippen LogP contribution in [0.15, 0.2) is 30.0 Å². The highest BCUT2D eigenvalue weighted by Crippen LogP contribution is 2.31. The zero-order valence-corrected chi connectivity index (χ0v) is 20.0. The van der Waals surface area contributed by atoms with Gasteiger partial charge in [-0.15, -0.1) is 0 Å². The normalized spacial score (nSPS) is 25.4. The van der Waals surface area contributed by atoms with E-state index in [-0.39, 0.29) is 18.1 Å². The molecular formula is C25H36FN3O4. The molecule has 2 aliphatic heterocycles. The SMILES string of the molecule is C/C=C1\CCC(Nc2ccc(N3CCCC(O)(CC(=O)OC(C)(C)C)CC3)c(F)c2)C(=O)N1. The molecule has 2 unspecified atom stereocenters. The van der Waals surface area contributed by atoms with Crippen molar-refractivity contribution in [3.8, 4) is 0 Å². The molecule has 2 heterocycles. The number of hydrogen-bond acceptors (Lipinski definition) is 6. The van der Waals surface area contributed by atoms with Crippen LogP contribution in [0.3, 0.4) is 0 Å². The Labute approximate surface area is 195 Å². The van der Waals surface area contributed by atoms with E-state index in [0.717, 1.165) is 12.1 Å². The molecule has 1 aromatic carbocycles. The number of aliphatic hydroxyl groups is 1. The van der Waals surface area contributed by atoms with Crippen LogP contribution in [0, 0.1) is 5.82 Å². The third-order valence-electron chi connectivity index (χ3n) is 6.09. The first-order valence-electron chi connectivity index (χ1n) is 11.7. The molecule has 2 saturated heterocycles. The minimum absolute atomic E-state index is 0.0676. The van der Waals surface area contributed by atoms with Gasteiger partial charge in [-0.3, -0.25) is 9.59 Å². The highest BCUT2D eigenvalue weighted by molar-refractivity contribution is 5.87. The molecule has 2 fully saturated rings. The van der Waals surface area contributed by atoms with Gasteiger partial charge in [0, 0.05) is 24.5 Å². The summed E-state index contributed by atoms with van der Waals surface area (Å²) in [5.41, 5.74) is 0.154. The quantitative estimate of drug-likeness (QED) is 0.577. The lowest BCUT2D eigenvalue weighted by atomic mass is 9.91. The molecular weight excluding hydrogens is 425 g/mol. The standard InChI is InChI=1S/C25H36FN3O4/c1-5-17-7-9-20(23(31)28-17)27-18-8-10-21(19(26)15-18)29-13-6-11-25(32,12-14-29)16-22(30)33-24(2,3)4/h5,8,10,15,20,27,32H,6-7,9,11-14,16H2,1-4H3,(H,28,31)/b17-5+. The van der Waals surface area contributed by atoms with E-state index in [2.05, 4.69) is 10.6 Å². The molecule has 2 atom stereocenters. The largest absolute Gasteiger partial charge is 0.460 e. The fourth-order valence-corrected chi connectivity index (χ4v) is 4.39. The zero-order valence-electron chi connectivity index (χ0n) is 20.0. The lowest BCUT2D eigenvalue weighted by Gasteiger charge is -2.29. The summed E-state index contributed by atoms with van der Waals surface area (Å²) in [7, 11) is 0. The number of ether oxygens (including phenoxy) is 1. The van der Waals surface area contributed by atoms with Gasteiger partial charge < -0.3 is 25.4 Å². The van der Waals surface area contributed by atoms with Crippen LogP contribution in [0.4, 0.5) is 15.8 Å². The summed E-state index contributed by atoms with van der Waals surface area (Å²) in [6, 6.07) is 4.48. The number of nitrogens with one attached hydrogen (secondary N) is 2. The van der Waals surface area contributed by atoms with Crippen LogP contribution in [0.25, 0.3) is 0 Å². The zero-order chi connectivity index (χ0) is 24.2. The van der Waals surface area contributed by atoms with E-state index < -0.39 is 23.2 Å². The highest BCUT2D eigenvalue weighted by atomic mass is 19.1. The Bertz CT molecular complexity index is 911. The van der Waals surface area contributed by atoms with Gasteiger partial charge in [-0.2, -0.15) is 0 Å². The summed E-state index contributed by atoms with van der Waals surface area (Å²) in [6.07, 6.45) is 4.67. The van der Waals surface area contributed by atoms with Gasteiger partial charge in [-0.1, -0.05) is 6.08 Å². The maximum atomic E-state index is 15.0. The summed E-state index contributed by atoms with van der Waals surface area (Å²) in [5.74, 6) is -0.924. The number of hydrogen-bond donors (Lipinski definition) is 3. The number of benzene rings is 1. The van der Waals surface area contributed by atoms with Crippen molar-refractivity contribution >= 4 is 23.3 Å². The molecule has 0 saturated carbocycles. The van der Waals surface area contributed by atoms with Gasteiger partial charge in [0.25, 0.3) is 0 Å². The van der Waals surface area contributed by atoms with Crippen molar-refractivity contribution in [3.63, 3.8) is 0 Å². The summed E-state index contributed by atoms with van der Waals surface area (Å²) >= 11 is 0. The average molecular weight is 462 g/mol. The number of carbonyl (C=O) groups excluding carboxylic acids is 2. The van der Waals surface area contributed by atoms with Gasteiger partial charge in [0.15, 0.2) is 0 Å². The number of esters is 1. The first kappa shape index (κ1) is 25.0. The molecule has 3 rings (SSSR count). The summed E-state index contributed by atoms with van der Waals surface area (Å²) in [4.78, 5) is 26.4. The lowest BCUT2D eigenvalue weighted by Crippen LogP contribution is -2.43. The van der Waals surface area contributed by atoms with Crippen molar-refractivity contribution in [2.45, 2.75) is 83.5 Å². The van der Waals surface area contributed by atoms with Crippen LogP contribution in [0.5, 0.6) is 0 Å². The van der Waals surface area contributed by atoms with Crippen molar-refractivity contribution in [1.82, 2.24) is 5.32 Å². The second-order valence-electron chi connectivity index (χ2n) is 10.0. The van der Waals surface area contributed by atoms with Gasteiger partial charge in [-0.25, -0.2) is 4.39 Å². The molecule has 0 bridgehead atoms. The molecule has 0 aromatic heterocycles. The van der Waals surface area contributed by atoms with Gasteiger partial charge in [0.2, 0.25) is 5.91 Å². The van der Waals surface area contributed by atoms with E-state index in [1.54, 1.807) is 32.9 Å². The maximum Gasteiger partial charge on any atom is 0.309 e. The Balaban J connectivity index is 1.61. The van der Waals surface area contributed by atoms with E-state index in [9.17, 15) is 19.1 Å². The molecule has 0 spiro atoms. The van der Waals surface area contributed by atoms with Crippen LogP contribution >= 0.6 is 0 Å². The molecule has 33 heavy (non-hydrogen) atoms. The van der Waals surface area contributed by atoms with Crippen molar-refractivity contribution in [2.75, 3.05) is 23.3 Å². The number of nitrogens with zero attached hydrogens (tertiary/aromatic N) is 1. The number of anilines is 2. The van der Waals surface area contributed by atoms with E-state index in [1.165, 1.54) is 6.07 Å². The van der Waals surface area contributed by atoms with Crippen LogP contribution < -0.4 is 15.5 Å². The van der Waals surface area contributed by atoms with Crippen molar-refractivity contribution < 1.29 is 23.8 Å². The second-order valence-corrected chi connectivity index (χ2v) is 10.0. The number of carbonyl (C=O) groups is 2. The summed E-state index contributed by atoms with van der Waals surface area (Å²) in [6.45, 7) is 8.29. The summed E-state index contributed by atoms with van der Waals surface area (Å²) in [5, 5.41) is 16.9. The third kappa shape index (κ3) is 6.93. The van der Waals surface area contributed by atoms with E-state index >= 15 is 0 Å². The Kier molecular flexibility index (Phi) is 7.67. The monoisotopic (exact) mass is 461 g/mol. The van der Waals surface area contributed by atoms with Gasteiger partial charge in [0.1, 0.15) is 17.5 Å². The molecule has 2 aliphatic rings. The van der Waals surface area contributed by atoms with Crippen LogP contribution in [0.2, 0.25) is 0 Å². The van der Waals surface area contributed by atoms with Crippen molar-refractivity contribution in [2.24, 2.45) is 0 Å². The number of rotatable bonds is 5. The minimum atomic E-state index is -1.16. The molecule has 7 nitrogen and oxygen atoms in total. The smallest absolute Gasteiger partial charge is 0.309 e. The lowest BCUT2D eigenvalue weighted by molar-refractivity contribution is -0.160. The third-order valence-corrected chi connectivity index (χ3v) is 6.09. The first-order valence-corrected chi connectivity index (χ1v) is 11.7. The van der Waals surface area contributed by atoms with Crippen LogP contribution in [0.1, 0.15) is 66.2 Å². The topological polar surface area (TPSA) is 90.9 Å². The van der Waals surface area contributed by atoms with Crippen molar-refractivity contribution in [1.29, 1.82) is 0 Å². The number of halogens is 1. The van der Waals surface area contributed by atoms with Gasteiger partial charge in [-0.05, 0) is 78.0 Å². The first-order chi connectivity index (χ1) is 15.5. The molecule has 0 radical (unpaired) electrons. The van der Waals surface area contributed by atoms with Gasteiger partial charge >= 0.3 is 5.97 Å². The fraction of sp³-hybridized carbons (Fsp3) is 0.600. The highest BCUT2D eigenvalue weighted by Gasteiger charge is 2.35. The summed E-state index contributed by atoms with van der Waals surface area (Å²) < 4.78 is 20.4. The predicted molar refractivity (Wildman–Crippen MR) is 126 cm³/mol. The second kappa shape index (κ2) is 10.1. The molecule has 0 aliphatic carbocycles. The Morgan fingerprint density at radius 2 is 2.12 bits per heavy atom. The Morgan fingerprint density at radius 3 is 2.76 bits per heavy atom. The molecule has 1 aromatic rings. The molecule has 1 amide bonds. The maximum absolute atomic E-state index is 15.0. The van der Waals surface area contributed by atoms with E-state index in [1.807, 2.05) is 17.9 Å². The van der Waals surface area contributed by atoms with Crippen LogP contribution in [-0.4, -0.2) is 47.3 Å². The molecule has 8 heteroatoms. The van der Waals surface area contributed by atoms with Crippen LogP contribution in [-0.2, 0) is 14.3 Å².